The van der Waals surface area contributed by atoms with Crippen LogP contribution in [-0.2, 0) is 10.3 Å². The number of nitrogens with zero attached hydrogens (tertiary/aromatic N) is 1. The Labute approximate surface area is 181 Å². The lowest BCUT2D eigenvalue weighted by Crippen LogP contribution is -2.45. The lowest BCUT2D eigenvalue weighted by atomic mass is 9.74. The minimum Gasteiger partial charge on any atom is -0.494 e. The minimum absolute atomic E-state index is 0.00778. The molecule has 0 aliphatic carbocycles. The van der Waals surface area contributed by atoms with Crippen LogP contribution in [0.1, 0.15) is 56.6 Å². The summed E-state index contributed by atoms with van der Waals surface area (Å²) in [6.07, 6.45) is 4.02. The van der Waals surface area contributed by atoms with Crippen LogP contribution in [0, 0.1) is 0 Å². The van der Waals surface area contributed by atoms with E-state index in [9.17, 15) is 5.11 Å². The van der Waals surface area contributed by atoms with Gasteiger partial charge in [-0.2, -0.15) is 0 Å². The molecule has 4 heteroatoms. The van der Waals surface area contributed by atoms with E-state index >= 15 is 0 Å². The molecular formula is C26H37NO3. The summed E-state index contributed by atoms with van der Waals surface area (Å²) in [7, 11) is 0. The second-order valence-electron chi connectivity index (χ2n) is 8.22. The zero-order chi connectivity index (χ0) is 21.2. The van der Waals surface area contributed by atoms with Crippen LogP contribution in [0.5, 0.6) is 5.75 Å². The topological polar surface area (TPSA) is 41.9 Å². The molecule has 1 saturated heterocycles. The molecule has 1 aliphatic heterocycles. The van der Waals surface area contributed by atoms with Crippen molar-refractivity contribution in [2.75, 3.05) is 39.5 Å². The van der Waals surface area contributed by atoms with Crippen LogP contribution >= 0.6 is 0 Å². The van der Waals surface area contributed by atoms with Crippen LogP contribution in [-0.4, -0.2) is 49.5 Å². The van der Waals surface area contributed by atoms with Crippen LogP contribution in [0.4, 0.5) is 0 Å². The highest BCUT2D eigenvalue weighted by atomic mass is 16.5. The zero-order valence-corrected chi connectivity index (χ0v) is 18.6. The number of ether oxygens (including phenoxy) is 2. The van der Waals surface area contributed by atoms with Crippen LogP contribution in [0.25, 0.3) is 0 Å². The third-order valence-corrected chi connectivity index (χ3v) is 6.15. The molecule has 0 aromatic heterocycles. The Bertz CT molecular complexity index is 728. The van der Waals surface area contributed by atoms with Crippen molar-refractivity contribution in [2.45, 2.75) is 51.0 Å². The molecule has 0 amide bonds. The first kappa shape index (κ1) is 22.8. The SMILES string of the molecule is CCCCC[C@](O)(c1ccc(OCC)cc1)[C@H](CN1CCOCC1)c1ccccc1. The second kappa shape index (κ2) is 11.5. The Kier molecular flexibility index (Phi) is 8.74. The average molecular weight is 412 g/mol. The van der Waals surface area contributed by atoms with E-state index in [1.165, 1.54) is 5.56 Å². The smallest absolute Gasteiger partial charge is 0.119 e. The molecule has 164 valence electrons. The van der Waals surface area contributed by atoms with E-state index in [-0.39, 0.29) is 5.92 Å². The predicted molar refractivity (Wildman–Crippen MR) is 122 cm³/mol. The van der Waals surface area contributed by atoms with Crippen molar-refractivity contribution in [1.82, 2.24) is 4.90 Å². The molecule has 3 rings (SSSR count). The first-order valence-corrected chi connectivity index (χ1v) is 11.5. The first-order valence-electron chi connectivity index (χ1n) is 11.5. The van der Waals surface area contributed by atoms with Crippen LogP contribution in [0.2, 0.25) is 0 Å². The molecule has 0 radical (unpaired) electrons. The number of aliphatic hydroxyl groups is 1. The van der Waals surface area contributed by atoms with Crippen molar-refractivity contribution in [2.24, 2.45) is 0 Å². The predicted octanol–water partition coefficient (Wildman–Crippen LogP) is 4.97. The van der Waals surface area contributed by atoms with Gasteiger partial charge in [0.15, 0.2) is 0 Å². The van der Waals surface area contributed by atoms with Gasteiger partial charge in [-0.15, -0.1) is 0 Å². The summed E-state index contributed by atoms with van der Waals surface area (Å²) in [5.74, 6) is 0.841. The summed E-state index contributed by atoms with van der Waals surface area (Å²) < 4.78 is 11.2. The van der Waals surface area contributed by atoms with Crippen molar-refractivity contribution < 1.29 is 14.6 Å². The Morgan fingerprint density at radius 2 is 1.70 bits per heavy atom. The molecule has 0 spiro atoms. The highest BCUT2D eigenvalue weighted by molar-refractivity contribution is 5.35. The summed E-state index contributed by atoms with van der Waals surface area (Å²) in [6, 6.07) is 18.6. The van der Waals surface area contributed by atoms with Crippen molar-refractivity contribution in [1.29, 1.82) is 0 Å². The Morgan fingerprint density at radius 1 is 1.00 bits per heavy atom. The van der Waals surface area contributed by atoms with Gasteiger partial charge in [0, 0.05) is 25.6 Å². The molecule has 2 aromatic rings. The highest BCUT2D eigenvalue weighted by Crippen LogP contribution is 2.42. The fourth-order valence-corrected chi connectivity index (χ4v) is 4.43. The summed E-state index contributed by atoms with van der Waals surface area (Å²) in [5.41, 5.74) is 1.24. The molecule has 0 saturated carbocycles. The van der Waals surface area contributed by atoms with Gasteiger partial charge in [-0.05, 0) is 36.6 Å². The van der Waals surface area contributed by atoms with Crippen LogP contribution < -0.4 is 4.74 Å². The van der Waals surface area contributed by atoms with E-state index in [2.05, 4.69) is 36.1 Å². The molecule has 0 unspecified atom stereocenters. The molecule has 1 fully saturated rings. The number of rotatable bonds is 11. The summed E-state index contributed by atoms with van der Waals surface area (Å²) in [4.78, 5) is 2.43. The van der Waals surface area contributed by atoms with E-state index in [4.69, 9.17) is 9.47 Å². The number of morpholine rings is 1. The molecule has 2 aromatic carbocycles. The second-order valence-corrected chi connectivity index (χ2v) is 8.22. The fraction of sp³-hybridized carbons (Fsp3) is 0.538. The van der Waals surface area contributed by atoms with Crippen molar-refractivity contribution in [3.8, 4) is 5.75 Å². The molecule has 4 nitrogen and oxygen atoms in total. The van der Waals surface area contributed by atoms with E-state index < -0.39 is 5.60 Å². The van der Waals surface area contributed by atoms with Crippen LogP contribution in [0.3, 0.4) is 0 Å². The summed E-state index contributed by atoms with van der Waals surface area (Å²) in [6.45, 7) is 9.01. The molecule has 1 heterocycles. The maximum Gasteiger partial charge on any atom is 0.119 e. The first-order chi connectivity index (χ1) is 14.7. The Hall–Kier alpha value is -1.88. The lowest BCUT2D eigenvalue weighted by Gasteiger charge is -2.41. The summed E-state index contributed by atoms with van der Waals surface area (Å²) in [5, 5.41) is 12.3. The normalized spacial score (nSPS) is 18.0. The van der Waals surface area contributed by atoms with Crippen molar-refractivity contribution >= 4 is 0 Å². The van der Waals surface area contributed by atoms with E-state index in [1.54, 1.807) is 0 Å². The molecule has 0 bridgehead atoms. The number of benzene rings is 2. The van der Waals surface area contributed by atoms with Gasteiger partial charge in [0.1, 0.15) is 5.75 Å². The molecule has 2 atom stereocenters. The van der Waals surface area contributed by atoms with E-state index in [0.29, 0.717) is 6.61 Å². The largest absolute Gasteiger partial charge is 0.494 e. The van der Waals surface area contributed by atoms with Gasteiger partial charge in [0.25, 0.3) is 0 Å². The van der Waals surface area contributed by atoms with Crippen molar-refractivity contribution in [3.05, 3.63) is 65.7 Å². The molecular weight excluding hydrogens is 374 g/mol. The molecule has 30 heavy (non-hydrogen) atoms. The lowest BCUT2D eigenvalue weighted by molar-refractivity contribution is -0.0295. The van der Waals surface area contributed by atoms with E-state index in [1.807, 2.05) is 37.3 Å². The van der Waals surface area contributed by atoms with E-state index in [0.717, 1.165) is 69.8 Å². The Morgan fingerprint density at radius 3 is 2.33 bits per heavy atom. The molecule has 1 N–H and O–H groups in total. The maximum atomic E-state index is 12.3. The van der Waals surface area contributed by atoms with Gasteiger partial charge < -0.3 is 14.6 Å². The number of hydrogen-bond donors (Lipinski definition) is 1. The fourth-order valence-electron chi connectivity index (χ4n) is 4.43. The van der Waals surface area contributed by atoms with Gasteiger partial charge in [-0.25, -0.2) is 0 Å². The van der Waals surface area contributed by atoms with Gasteiger partial charge in [0.2, 0.25) is 0 Å². The minimum atomic E-state index is -0.931. The average Bonchev–Trinajstić information content (AvgIpc) is 2.79. The highest BCUT2D eigenvalue weighted by Gasteiger charge is 2.40. The maximum absolute atomic E-state index is 12.3. The third kappa shape index (κ3) is 5.84. The van der Waals surface area contributed by atoms with Gasteiger partial charge in [-0.3, -0.25) is 4.90 Å². The number of unbranched alkanes of at least 4 members (excludes halogenated alkanes) is 2. The zero-order valence-electron chi connectivity index (χ0n) is 18.6. The van der Waals surface area contributed by atoms with Gasteiger partial charge >= 0.3 is 0 Å². The monoisotopic (exact) mass is 411 g/mol. The van der Waals surface area contributed by atoms with Crippen LogP contribution in [0.15, 0.2) is 54.6 Å². The van der Waals surface area contributed by atoms with Gasteiger partial charge in [0.05, 0.1) is 25.4 Å². The third-order valence-electron chi connectivity index (χ3n) is 6.15. The molecule has 1 aliphatic rings. The quantitative estimate of drug-likeness (QED) is 0.530. The Balaban J connectivity index is 1.96. The van der Waals surface area contributed by atoms with Gasteiger partial charge in [-0.1, -0.05) is 68.7 Å². The van der Waals surface area contributed by atoms with Crippen molar-refractivity contribution in [3.63, 3.8) is 0 Å². The number of hydrogen-bond acceptors (Lipinski definition) is 4. The standard InChI is InChI=1S/C26H37NO3/c1-3-5-9-16-26(28,23-12-14-24(15-13-23)30-4-2)25(22-10-7-6-8-11-22)21-27-17-19-29-20-18-27/h6-8,10-15,25,28H,3-5,9,16-21H2,1-2H3/t25-,26+/m1/s1. The summed E-state index contributed by atoms with van der Waals surface area (Å²) >= 11 is 0.